The van der Waals surface area contributed by atoms with Crippen molar-refractivity contribution >= 4 is 22.5 Å². The van der Waals surface area contributed by atoms with Gasteiger partial charge in [-0.2, -0.15) is 0 Å². The van der Waals surface area contributed by atoms with Crippen LogP contribution in [0.4, 0.5) is 5.69 Å². The fourth-order valence-corrected chi connectivity index (χ4v) is 3.96. The molecule has 1 saturated heterocycles. The number of benzene rings is 2. The minimum absolute atomic E-state index is 0.745. The van der Waals surface area contributed by atoms with Crippen molar-refractivity contribution in [2.45, 2.75) is 19.5 Å². The number of aliphatic imine (C=N–C) groups is 1. The Morgan fingerprint density at radius 3 is 2.67 bits per heavy atom. The first-order chi connectivity index (χ1) is 14.8. The van der Waals surface area contributed by atoms with E-state index in [4.69, 9.17) is 4.74 Å². The van der Waals surface area contributed by atoms with Crippen molar-refractivity contribution in [2.75, 3.05) is 44.8 Å². The highest BCUT2D eigenvalue weighted by Crippen LogP contribution is 2.21. The minimum Gasteiger partial charge on any atom is -0.378 e. The fraction of sp³-hybridized carbons (Fsp3) is 0.375. The van der Waals surface area contributed by atoms with Crippen molar-refractivity contribution < 1.29 is 4.74 Å². The van der Waals surface area contributed by atoms with Crippen LogP contribution in [0.1, 0.15) is 12.0 Å². The SMILES string of the molecule is CN=C(NCCCn1ccc2ccccc21)NCc1ccccc1N1CCOCC1. The summed E-state index contributed by atoms with van der Waals surface area (Å²) in [6.07, 6.45) is 3.20. The Balaban J connectivity index is 1.26. The lowest BCUT2D eigenvalue weighted by molar-refractivity contribution is 0.122. The van der Waals surface area contributed by atoms with Gasteiger partial charge in [-0.25, -0.2) is 0 Å². The van der Waals surface area contributed by atoms with Crippen LogP contribution < -0.4 is 15.5 Å². The summed E-state index contributed by atoms with van der Waals surface area (Å²) >= 11 is 0. The molecular weight excluding hydrogens is 374 g/mol. The highest BCUT2D eigenvalue weighted by atomic mass is 16.5. The number of aromatic nitrogens is 1. The van der Waals surface area contributed by atoms with Crippen LogP contribution in [0.15, 0.2) is 65.8 Å². The molecule has 0 spiro atoms. The maximum Gasteiger partial charge on any atom is 0.191 e. The average Bonchev–Trinajstić information content (AvgIpc) is 3.22. The number of hydrogen-bond donors (Lipinski definition) is 2. The summed E-state index contributed by atoms with van der Waals surface area (Å²) in [6.45, 7) is 6.07. The Morgan fingerprint density at radius 2 is 1.80 bits per heavy atom. The predicted octanol–water partition coefficient (Wildman–Crippen LogP) is 3.23. The van der Waals surface area contributed by atoms with Crippen LogP contribution in [0.3, 0.4) is 0 Å². The number of fused-ring (bicyclic) bond motifs is 1. The molecule has 1 aromatic heterocycles. The van der Waals surface area contributed by atoms with Crippen LogP contribution >= 0.6 is 0 Å². The first-order valence-electron chi connectivity index (χ1n) is 10.7. The van der Waals surface area contributed by atoms with E-state index in [9.17, 15) is 0 Å². The number of hydrogen-bond acceptors (Lipinski definition) is 3. The summed E-state index contributed by atoms with van der Waals surface area (Å²) in [5, 5.41) is 8.20. The average molecular weight is 406 g/mol. The second kappa shape index (κ2) is 10.2. The molecular formula is C24H31N5O. The molecule has 0 bridgehead atoms. The van der Waals surface area contributed by atoms with E-state index in [1.54, 1.807) is 0 Å². The number of para-hydroxylation sites is 2. The molecule has 6 nitrogen and oxygen atoms in total. The van der Waals surface area contributed by atoms with Gasteiger partial charge in [0.05, 0.1) is 13.2 Å². The van der Waals surface area contributed by atoms with Gasteiger partial charge in [0.25, 0.3) is 0 Å². The van der Waals surface area contributed by atoms with Crippen molar-refractivity contribution in [3.8, 4) is 0 Å². The molecule has 0 atom stereocenters. The maximum absolute atomic E-state index is 5.49. The van der Waals surface area contributed by atoms with Gasteiger partial charge < -0.3 is 24.8 Å². The van der Waals surface area contributed by atoms with Crippen molar-refractivity contribution in [2.24, 2.45) is 4.99 Å². The number of rotatable bonds is 7. The van der Waals surface area contributed by atoms with Crippen LogP contribution in [0, 0.1) is 0 Å². The zero-order valence-corrected chi connectivity index (χ0v) is 17.7. The highest BCUT2D eigenvalue weighted by Gasteiger charge is 2.14. The third-order valence-corrected chi connectivity index (χ3v) is 5.56. The Hall–Kier alpha value is -2.99. The Bertz CT molecular complexity index is 974. The molecule has 30 heavy (non-hydrogen) atoms. The predicted molar refractivity (Wildman–Crippen MR) is 124 cm³/mol. The Kier molecular flexibility index (Phi) is 6.87. The summed E-state index contributed by atoms with van der Waals surface area (Å²) in [5.41, 5.74) is 3.85. The lowest BCUT2D eigenvalue weighted by atomic mass is 10.1. The zero-order valence-electron chi connectivity index (χ0n) is 17.7. The smallest absolute Gasteiger partial charge is 0.191 e. The standard InChI is InChI=1S/C24H31N5O/c1-25-24(26-12-6-13-28-14-11-20-7-2-4-9-22(20)28)27-19-21-8-3-5-10-23(21)29-15-17-30-18-16-29/h2-5,7-11,14H,6,12-13,15-19H2,1H3,(H2,25,26,27). The van der Waals surface area contributed by atoms with Crippen LogP contribution in [0.2, 0.25) is 0 Å². The second-order valence-corrected chi connectivity index (χ2v) is 7.50. The molecule has 3 aromatic rings. The second-order valence-electron chi connectivity index (χ2n) is 7.50. The third kappa shape index (κ3) is 4.94. The van der Waals surface area contributed by atoms with Gasteiger partial charge in [0.1, 0.15) is 0 Å². The van der Waals surface area contributed by atoms with Crippen molar-refractivity contribution in [3.05, 3.63) is 66.4 Å². The van der Waals surface area contributed by atoms with Gasteiger partial charge in [0.15, 0.2) is 5.96 Å². The van der Waals surface area contributed by atoms with Crippen molar-refractivity contribution in [1.82, 2.24) is 15.2 Å². The molecule has 6 heteroatoms. The lowest BCUT2D eigenvalue weighted by Crippen LogP contribution is -2.39. The maximum atomic E-state index is 5.49. The zero-order chi connectivity index (χ0) is 20.6. The van der Waals surface area contributed by atoms with Gasteiger partial charge in [0, 0.05) is 57.2 Å². The van der Waals surface area contributed by atoms with Gasteiger partial charge >= 0.3 is 0 Å². The first kappa shape index (κ1) is 20.3. The molecule has 0 saturated carbocycles. The van der Waals surface area contributed by atoms with Crippen molar-refractivity contribution in [1.29, 1.82) is 0 Å². The van der Waals surface area contributed by atoms with Gasteiger partial charge in [-0.05, 0) is 35.6 Å². The summed E-state index contributed by atoms with van der Waals surface area (Å²) < 4.78 is 7.81. The number of aryl methyl sites for hydroxylation is 1. The van der Waals surface area contributed by atoms with E-state index in [0.29, 0.717) is 0 Å². The van der Waals surface area contributed by atoms with E-state index < -0.39 is 0 Å². The van der Waals surface area contributed by atoms with Crippen LogP contribution in [-0.2, 0) is 17.8 Å². The minimum atomic E-state index is 0.745. The molecule has 2 heterocycles. The normalized spacial score (nSPS) is 14.8. The molecule has 4 rings (SSSR count). The van der Waals surface area contributed by atoms with E-state index in [0.717, 1.165) is 58.3 Å². The fourth-order valence-electron chi connectivity index (χ4n) is 3.96. The molecule has 0 amide bonds. The number of nitrogens with zero attached hydrogens (tertiary/aromatic N) is 3. The van der Waals surface area contributed by atoms with E-state index in [2.05, 4.69) is 85.9 Å². The molecule has 1 fully saturated rings. The number of anilines is 1. The molecule has 1 aliphatic heterocycles. The summed E-state index contributed by atoms with van der Waals surface area (Å²) in [6, 6.07) is 19.3. The summed E-state index contributed by atoms with van der Waals surface area (Å²) in [7, 11) is 1.82. The van der Waals surface area contributed by atoms with Gasteiger partial charge in [-0.1, -0.05) is 36.4 Å². The number of nitrogens with one attached hydrogen (secondary N) is 2. The van der Waals surface area contributed by atoms with Crippen molar-refractivity contribution in [3.63, 3.8) is 0 Å². The number of ether oxygens (including phenoxy) is 1. The molecule has 158 valence electrons. The molecule has 0 aliphatic carbocycles. The van der Waals surface area contributed by atoms with Gasteiger partial charge in [0.2, 0.25) is 0 Å². The quantitative estimate of drug-likeness (QED) is 0.360. The van der Waals surface area contributed by atoms with Crippen LogP contribution in [0.25, 0.3) is 10.9 Å². The van der Waals surface area contributed by atoms with Crippen LogP contribution in [0.5, 0.6) is 0 Å². The molecule has 0 radical (unpaired) electrons. The molecule has 2 aromatic carbocycles. The largest absolute Gasteiger partial charge is 0.378 e. The van der Waals surface area contributed by atoms with Crippen LogP contribution in [-0.4, -0.2) is 50.4 Å². The highest BCUT2D eigenvalue weighted by molar-refractivity contribution is 5.80. The monoisotopic (exact) mass is 405 g/mol. The van der Waals surface area contributed by atoms with E-state index in [1.807, 2.05) is 7.05 Å². The van der Waals surface area contributed by atoms with Gasteiger partial charge in [-0.3, -0.25) is 4.99 Å². The molecule has 1 aliphatic rings. The van der Waals surface area contributed by atoms with E-state index in [1.165, 1.54) is 22.2 Å². The third-order valence-electron chi connectivity index (χ3n) is 5.56. The molecule has 0 unspecified atom stereocenters. The first-order valence-corrected chi connectivity index (χ1v) is 10.7. The number of morpholine rings is 1. The Morgan fingerprint density at radius 1 is 1.00 bits per heavy atom. The summed E-state index contributed by atoms with van der Waals surface area (Å²) in [4.78, 5) is 6.78. The molecule has 2 N–H and O–H groups in total. The number of guanidine groups is 1. The van der Waals surface area contributed by atoms with E-state index in [-0.39, 0.29) is 0 Å². The topological polar surface area (TPSA) is 53.8 Å². The van der Waals surface area contributed by atoms with Gasteiger partial charge in [-0.15, -0.1) is 0 Å². The summed E-state index contributed by atoms with van der Waals surface area (Å²) in [5.74, 6) is 0.837. The Labute approximate surface area is 178 Å². The van der Waals surface area contributed by atoms with E-state index >= 15 is 0 Å². The lowest BCUT2D eigenvalue weighted by Gasteiger charge is -2.30.